The quantitative estimate of drug-likeness (QED) is 0.382. The van der Waals surface area contributed by atoms with Crippen LogP contribution in [0.2, 0.25) is 0 Å². The molecular formula is C26H22Br2O6. The van der Waals surface area contributed by atoms with Crippen molar-refractivity contribution in [1.29, 1.82) is 0 Å². The SMILES string of the molecule is COC(=O)C1C(=O)C(C)[C@@]23c4ccc(Br)cc4-c4cc(Br)ccc4[C@@]12C(C(=O)OC)C(=O)[C@@H]3C. The van der Waals surface area contributed by atoms with Gasteiger partial charge in [0.2, 0.25) is 0 Å². The van der Waals surface area contributed by atoms with Gasteiger partial charge in [0.15, 0.2) is 11.6 Å². The Morgan fingerprint density at radius 3 is 1.50 bits per heavy atom. The molecule has 0 aromatic heterocycles. The molecule has 0 heterocycles. The second kappa shape index (κ2) is 7.59. The highest BCUT2D eigenvalue weighted by atomic mass is 79.9. The lowest BCUT2D eigenvalue weighted by atomic mass is 9.48. The van der Waals surface area contributed by atoms with Gasteiger partial charge in [0.25, 0.3) is 0 Å². The molecule has 3 unspecified atom stereocenters. The number of halogens is 2. The van der Waals surface area contributed by atoms with Crippen LogP contribution in [0.3, 0.4) is 0 Å². The first kappa shape index (κ1) is 23.4. The predicted molar refractivity (Wildman–Crippen MR) is 130 cm³/mol. The molecule has 2 fully saturated rings. The second-order valence-corrected chi connectivity index (χ2v) is 11.1. The summed E-state index contributed by atoms with van der Waals surface area (Å²) in [7, 11) is 2.45. The first-order chi connectivity index (χ1) is 16.1. The lowest BCUT2D eigenvalue weighted by Gasteiger charge is -2.52. The molecule has 0 bridgehead atoms. The summed E-state index contributed by atoms with van der Waals surface area (Å²) in [5, 5.41) is 0. The molecule has 0 saturated heterocycles. The zero-order valence-corrected chi connectivity index (χ0v) is 22.2. The van der Waals surface area contributed by atoms with Crippen LogP contribution in [0.25, 0.3) is 11.1 Å². The van der Waals surface area contributed by atoms with E-state index in [1.165, 1.54) is 14.2 Å². The topological polar surface area (TPSA) is 86.7 Å². The smallest absolute Gasteiger partial charge is 0.317 e. The van der Waals surface area contributed by atoms with Crippen molar-refractivity contribution in [2.24, 2.45) is 23.7 Å². The average Bonchev–Trinajstić information content (AvgIpc) is 3.15. The molecule has 6 atom stereocenters. The zero-order chi connectivity index (χ0) is 24.7. The number of ether oxygens (including phenoxy) is 2. The molecule has 34 heavy (non-hydrogen) atoms. The lowest BCUT2D eigenvalue weighted by Crippen LogP contribution is -2.57. The highest BCUT2D eigenvalue weighted by Gasteiger charge is 2.84. The molecule has 2 saturated carbocycles. The Labute approximate surface area is 213 Å². The van der Waals surface area contributed by atoms with E-state index in [4.69, 9.17) is 9.47 Å². The maximum absolute atomic E-state index is 14.0. The van der Waals surface area contributed by atoms with Crippen molar-refractivity contribution in [3.63, 3.8) is 0 Å². The van der Waals surface area contributed by atoms with Crippen molar-refractivity contribution in [2.45, 2.75) is 24.7 Å². The van der Waals surface area contributed by atoms with Crippen molar-refractivity contribution in [3.05, 3.63) is 56.5 Å². The molecule has 3 aliphatic rings. The molecule has 0 N–H and O–H groups in total. The minimum absolute atomic E-state index is 0.329. The molecule has 0 radical (unpaired) electrons. The van der Waals surface area contributed by atoms with E-state index in [-0.39, 0.29) is 11.6 Å². The van der Waals surface area contributed by atoms with Crippen molar-refractivity contribution < 1.29 is 28.7 Å². The van der Waals surface area contributed by atoms with E-state index in [1.807, 2.05) is 36.4 Å². The van der Waals surface area contributed by atoms with E-state index >= 15 is 0 Å². The predicted octanol–water partition coefficient (Wildman–Crippen LogP) is 4.38. The molecule has 0 spiro atoms. The van der Waals surface area contributed by atoms with Gasteiger partial charge in [0, 0.05) is 31.6 Å². The first-order valence-corrected chi connectivity index (χ1v) is 12.5. The summed E-state index contributed by atoms with van der Waals surface area (Å²) >= 11 is 7.09. The highest BCUT2D eigenvalue weighted by Crippen LogP contribution is 2.74. The van der Waals surface area contributed by atoms with Crippen molar-refractivity contribution in [2.75, 3.05) is 14.2 Å². The summed E-state index contributed by atoms with van der Waals surface area (Å²) in [5.41, 5.74) is 0.403. The zero-order valence-electron chi connectivity index (χ0n) is 19.0. The Hall–Kier alpha value is -2.32. The number of rotatable bonds is 2. The summed E-state index contributed by atoms with van der Waals surface area (Å²) in [6, 6.07) is 11.3. The van der Waals surface area contributed by atoms with Gasteiger partial charge in [-0.2, -0.15) is 0 Å². The first-order valence-electron chi connectivity index (χ1n) is 10.9. The monoisotopic (exact) mass is 588 g/mol. The van der Waals surface area contributed by atoms with Crippen LogP contribution in [0.4, 0.5) is 0 Å². The van der Waals surface area contributed by atoms with Gasteiger partial charge in [-0.05, 0) is 46.5 Å². The number of carbonyl (C=O) groups is 4. The van der Waals surface area contributed by atoms with Crippen molar-refractivity contribution in [3.8, 4) is 11.1 Å². The lowest BCUT2D eigenvalue weighted by molar-refractivity contribution is -0.156. The number of fused-ring (bicyclic) bond motifs is 3. The molecular weight excluding hydrogens is 568 g/mol. The fourth-order valence-corrected chi connectivity index (χ4v) is 8.12. The summed E-state index contributed by atoms with van der Waals surface area (Å²) in [6.07, 6.45) is 0. The Morgan fingerprint density at radius 2 is 1.12 bits per heavy atom. The van der Waals surface area contributed by atoms with E-state index in [0.717, 1.165) is 25.6 Å². The maximum Gasteiger partial charge on any atom is 0.317 e. The maximum atomic E-state index is 14.0. The average molecular weight is 590 g/mol. The van der Waals surface area contributed by atoms with Crippen LogP contribution in [-0.4, -0.2) is 37.7 Å². The summed E-state index contributed by atoms with van der Waals surface area (Å²) in [6.45, 7) is 3.53. The third kappa shape index (κ3) is 2.41. The highest BCUT2D eigenvalue weighted by molar-refractivity contribution is 9.10. The Balaban J connectivity index is 2.06. The number of hydrogen-bond donors (Lipinski definition) is 0. The molecule has 0 aliphatic heterocycles. The molecule has 3 aliphatic carbocycles. The van der Waals surface area contributed by atoms with Crippen LogP contribution in [0.5, 0.6) is 0 Å². The van der Waals surface area contributed by atoms with E-state index in [9.17, 15) is 19.2 Å². The third-order valence-corrected chi connectivity index (χ3v) is 9.39. The molecule has 0 amide bonds. The summed E-state index contributed by atoms with van der Waals surface area (Å²) in [4.78, 5) is 54.6. The molecule has 2 aromatic rings. The van der Waals surface area contributed by atoms with Crippen LogP contribution in [0, 0.1) is 23.7 Å². The summed E-state index contributed by atoms with van der Waals surface area (Å²) in [5.74, 6) is -6.25. The van der Waals surface area contributed by atoms with Gasteiger partial charge in [-0.1, -0.05) is 57.8 Å². The van der Waals surface area contributed by atoms with Gasteiger partial charge in [-0.25, -0.2) is 0 Å². The molecule has 8 heteroatoms. The van der Waals surface area contributed by atoms with Gasteiger partial charge in [-0.15, -0.1) is 0 Å². The number of Topliss-reactive ketones (excluding diaryl/α,β-unsaturated/α-hetero) is 2. The van der Waals surface area contributed by atoms with Crippen LogP contribution in [0.15, 0.2) is 45.3 Å². The number of esters is 2. The fraction of sp³-hybridized carbons (Fsp3) is 0.385. The van der Waals surface area contributed by atoms with Gasteiger partial charge >= 0.3 is 11.9 Å². The van der Waals surface area contributed by atoms with Crippen LogP contribution >= 0.6 is 31.9 Å². The number of hydrogen-bond acceptors (Lipinski definition) is 6. The van der Waals surface area contributed by atoms with Crippen LogP contribution in [-0.2, 0) is 39.5 Å². The largest absolute Gasteiger partial charge is 0.468 e. The van der Waals surface area contributed by atoms with Crippen LogP contribution < -0.4 is 0 Å². The molecule has 2 aromatic carbocycles. The van der Waals surface area contributed by atoms with Crippen molar-refractivity contribution in [1.82, 2.24) is 0 Å². The molecule has 6 nitrogen and oxygen atoms in total. The minimum atomic E-state index is -1.48. The molecule has 5 rings (SSSR count). The number of methoxy groups -OCH3 is 2. The van der Waals surface area contributed by atoms with E-state index in [0.29, 0.717) is 5.56 Å². The van der Waals surface area contributed by atoms with Crippen LogP contribution in [0.1, 0.15) is 25.0 Å². The third-order valence-electron chi connectivity index (χ3n) is 8.40. The van der Waals surface area contributed by atoms with E-state index in [2.05, 4.69) is 31.9 Å². The van der Waals surface area contributed by atoms with Gasteiger partial charge in [-0.3, -0.25) is 19.2 Å². The van der Waals surface area contributed by atoms with Crippen molar-refractivity contribution >= 4 is 55.4 Å². The van der Waals surface area contributed by atoms with Gasteiger partial charge < -0.3 is 9.47 Å². The Kier molecular flexibility index (Phi) is 5.23. The standard InChI is InChI=1S/C26H22Br2O6/c1-11-21(29)19(23(31)33-3)26-18-8-6-14(28)10-16(18)15-9-13(27)5-7-17(15)25(11,26)12(2)22(30)20(26)24(32)34-4/h5-12,19-20H,1-4H3/t11-,12?,19?,20?,25-,26+/m0/s1. The van der Waals surface area contributed by atoms with Gasteiger partial charge in [0.05, 0.1) is 14.2 Å². The van der Waals surface area contributed by atoms with Gasteiger partial charge in [0.1, 0.15) is 11.8 Å². The minimum Gasteiger partial charge on any atom is -0.468 e. The number of ketones is 2. The second-order valence-electron chi connectivity index (χ2n) is 9.28. The summed E-state index contributed by atoms with van der Waals surface area (Å²) < 4.78 is 11.9. The number of benzene rings is 2. The fourth-order valence-electron chi connectivity index (χ4n) is 7.40. The normalized spacial score (nSPS) is 33.0. The number of carbonyl (C=O) groups excluding carboxylic acids is 4. The van der Waals surface area contributed by atoms with E-state index < -0.39 is 46.4 Å². The Bertz CT molecular complexity index is 1260. The Morgan fingerprint density at radius 1 is 0.735 bits per heavy atom. The van der Waals surface area contributed by atoms with E-state index in [1.54, 1.807) is 13.8 Å². The molecule has 176 valence electrons.